The monoisotopic (exact) mass is 399 g/mol. The maximum Gasteiger partial charge on any atom is 0.263 e. The van der Waals surface area contributed by atoms with Crippen LogP contribution in [0.25, 0.3) is 16.6 Å². The molecule has 2 aliphatic carbocycles. The van der Waals surface area contributed by atoms with Gasteiger partial charge < -0.3 is 4.52 Å². The first-order valence-corrected chi connectivity index (χ1v) is 10.0. The highest BCUT2D eigenvalue weighted by Gasteiger charge is 2.40. The Bertz CT molecular complexity index is 1260. The molecule has 1 aromatic carbocycles. The highest BCUT2D eigenvalue weighted by atomic mass is 16.5. The highest BCUT2D eigenvalue weighted by molar-refractivity contribution is 5.76. The molecule has 7 nitrogen and oxygen atoms in total. The molecule has 2 aliphatic rings. The number of hydrogen-bond donors (Lipinski definition) is 0. The predicted octanol–water partition coefficient (Wildman–Crippen LogP) is 3.64. The van der Waals surface area contributed by atoms with Crippen LogP contribution in [-0.4, -0.2) is 24.7 Å². The van der Waals surface area contributed by atoms with Crippen molar-refractivity contribution in [2.75, 3.05) is 0 Å². The van der Waals surface area contributed by atoms with Crippen LogP contribution in [0.5, 0.6) is 0 Å². The predicted molar refractivity (Wildman–Crippen MR) is 113 cm³/mol. The normalized spacial score (nSPS) is 19.0. The number of allylic oxidation sites excluding steroid dienone is 2. The number of aryl methyl sites for hydroxylation is 1. The summed E-state index contributed by atoms with van der Waals surface area (Å²) < 4.78 is 6.29. The molecule has 0 N–H and O–H groups in total. The molecule has 4 aromatic rings. The molecule has 0 saturated heterocycles. The number of aromatic nitrogens is 5. The average molecular weight is 399 g/mol. The van der Waals surface area contributed by atoms with E-state index in [0.717, 1.165) is 17.4 Å². The van der Waals surface area contributed by atoms with Gasteiger partial charge in [0.05, 0.1) is 5.39 Å². The molecular formula is C23H21N5O2. The molecule has 2 atom stereocenters. The second-order valence-corrected chi connectivity index (χ2v) is 7.76. The minimum atomic E-state index is -0.163. The Morgan fingerprint density at radius 3 is 2.73 bits per heavy atom. The van der Waals surface area contributed by atoms with Crippen LogP contribution in [-0.2, 0) is 6.54 Å². The standard InChI is InChI=1S/C12H12.C11H9N5O2/c1-2-4-9(5-3-1)10-6-11-8-12(11)7-10;1-7-2-3-12-10-9(7)11(17)16(6-14-10)4-8-13-5-15-18-8/h1-6,11-12H,7-8H2;2-3,5-6H,4H2,1H3/t11-,12+;/m1./s1. The van der Waals surface area contributed by atoms with Crippen molar-refractivity contribution in [2.45, 2.75) is 26.3 Å². The number of hydrogen-bond acceptors (Lipinski definition) is 6. The maximum absolute atomic E-state index is 12.3. The lowest BCUT2D eigenvalue weighted by Crippen LogP contribution is -2.22. The smallest absolute Gasteiger partial charge is 0.263 e. The van der Waals surface area contributed by atoms with Crippen molar-refractivity contribution in [3.05, 3.63) is 88.7 Å². The Morgan fingerprint density at radius 2 is 2.00 bits per heavy atom. The zero-order chi connectivity index (χ0) is 20.5. The van der Waals surface area contributed by atoms with Gasteiger partial charge in [0.1, 0.15) is 12.9 Å². The van der Waals surface area contributed by atoms with E-state index in [1.807, 2.05) is 6.92 Å². The summed E-state index contributed by atoms with van der Waals surface area (Å²) in [6.45, 7) is 2.06. The first kappa shape index (κ1) is 18.4. The van der Waals surface area contributed by atoms with Gasteiger partial charge in [-0.2, -0.15) is 4.98 Å². The summed E-state index contributed by atoms with van der Waals surface area (Å²) in [5.74, 6) is 2.32. The van der Waals surface area contributed by atoms with Crippen molar-refractivity contribution in [1.29, 1.82) is 0 Å². The van der Waals surface area contributed by atoms with Crippen LogP contribution in [0, 0.1) is 18.8 Å². The van der Waals surface area contributed by atoms with E-state index in [2.05, 4.69) is 56.5 Å². The molecule has 6 rings (SSSR count). The number of fused-ring (bicyclic) bond motifs is 2. The van der Waals surface area contributed by atoms with Gasteiger partial charge in [0, 0.05) is 6.20 Å². The molecule has 0 radical (unpaired) electrons. The van der Waals surface area contributed by atoms with Crippen molar-refractivity contribution in [2.24, 2.45) is 11.8 Å². The van der Waals surface area contributed by atoms with E-state index >= 15 is 0 Å². The van der Waals surface area contributed by atoms with Crippen LogP contribution < -0.4 is 5.56 Å². The Hall–Kier alpha value is -3.61. The van der Waals surface area contributed by atoms with Crippen molar-refractivity contribution in [1.82, 2.24) is 24.7 Å². The number of benzene rings is 1. The van der Waals surface area contributed by atoms with Crippen molar-refractivity contribution < 1.29 is 4.52 Å². The van der Waals surface area contributed by atoms with Crippen LogP contribution >= 0.6 is 0 Å². The molecular weight excluding hydrogens is 378 g/mol. The zero-order valence-corrected chi connectivity index (χ0v) is 16.6. The molecule has 1 fully saturated rings. The summed E-state index contributed by atoms with van der Waals surface area (Å²) in [5, 5.41) is 4.01. The van der Waals surface area contributed by atoms with Crippen molar-refractivity contribution >= 4 is 16.6 Å². The van der Waals surface area contributed by atoms with E-state index < -0.39 is 0 Å². The third-order valence-corrected chi connectivity index (χ3v) is 5.67. The number of rotatable bonds is 3. The SMILES string of the molecule is C1=C(c2ccccc2)C[C@H]2C[C@@H]12.Cc1ccnc2ncn(Cc3ncno3)c(=O)c12. The number of nitrogens with zero attached hydrogens (tertiary/aromatic N) is 5. The van der Waals surface area contributed by atoms with Crippen LogP contribution in [0.4, 0.5) is 0 Å². The van der Waals surface area contributed by atoms with Gasteiger partial charge >= 0.3 is 0 Å². The fraction of sp³-hybridized carbons (Fsp3) is 0.261. The minimum absolute atomic E-state index is 0.163. The lowest BCUT2D eigenvalue weighted by Gasteiger charge is -2.04. The summed E-state index contributed by atoms with van der Waals surface area (Å²) in [7, 11) is 0. The third-order valence-electron chi connectivity index (χ3n) is 5.67. The summed E-state index contributed by atoms with van der Waals surface area (Å²) >= 11 is 0. The van der Waals surface area contributed by atoms with Gasteiger partial charge in [-0.15, -0.1) is 0 Å². The fourth-order valence-corrected chi connectivity index (χ4v) is 3.94. The van der Waals surface area contributed by atoms with E-state index in [4.69, 9.17) is 4.52 Å². The first-order chi connectivity index (χ1) is 14.7. The van der Waals surface area contributed by atoms with Crippen LogP contribution in [0.2, 0.25) is 0 Å². The maximum atomic E-state index is 12.3. The van der Waals surface area contributed by atoms with Gasteiger partial charge in [-0.3, -0.25) is 9.36 Å². The van der Waals surface area contributed by atoms with Crippen LogP contribution in [0.3, 0.4) is 0 Å². The van der Waals surface area contributed by atoms with E-state index in [0.29, 0.717) is 16.9 Å². The number of pyridine rings is 1. The molecule has 0 amide bonds. The lowest BCUT2D eigenvalue weighted by atomic mass is 10.0. The molecule has 0 bridgehead atoms. The Labute approximate surface area is 173 Å². The van der Waals surface area contributed by atoms with E-state index in [-0.39, 0.29) is 12.1 Å². The summed E-state index contributed by atoms with van der Waals surface area (Å²) in [6.07, 6.45) is 9.61. The van der Waals surface area contributed by atoms with Crippen molar-refractivity contribution in [3.63, 3.8) is 0 Å². The molecule has 7 heteroatoms. The second kappa shape index (κ2) is 7.67. The van der Waals surface area contributed by atoms with Crippen LogP contribution in [0.15, 0.2) is 70.6 Å². The summed E-state index contributed by atoms with van der Waals surface area (Å²) in [5.41, 5.74) is 4.14. The van der Waals surface area contributed by atoms with Crippen LogP contribution in [0.1, 0.15) is 29.9 Å². The second-order valence-electron chi connectivity index (χ2n) is 7.76. The highest BCUT2D eigenvalue weighted by Crippen LogP contribution is 2.52. The molecule has 30 heavy (non-hydrogen) atoms. The molecule has 150 valence electrons. The van der Waals surface area contributed by atoms with Crippen molar-refractivity contribution in [3.8, 4) is 0 Å². The molecule has 3 aromatic heterocycles. The van der Waals surface area contributed by atoms with Gasteiger partial charge in [0.25, 0.3) is 5.56 Å². The molecule has 1 saturated carbocycles. The first-order valence-electron chi connectivity index (χ1n) is 10.0. The topological polar surface area (TPSA) is 86.7 Å². The Balaban J connectivity index is 0.000000139. The largest absolute Gasteiger partial charge is 0.338 e. The quantitative estimate of drug-likeness (QED) is 0.523. The average Bonchev–Trinajstić information content (AvgIpc) is 3.15. The lowest BCUT2D eigenvalue weighted by molar-refractivity contribution is 0.368. The van der Waals surface area contributed by atoms with E-state index in [1.54, 1.807) is 17.8 Å². The van der Waals surface area contributed by atoms with Gasteiger partial charge in [0.2, 0.25) is 5.89 Å². The molecule has 0 aliphatic heterocycles. The molecule has 3 heterocycles. The molecule has 0 spiro atoms. The van der Waals surface area contributed by atoms with Gasteiger partial charge in [-0.1, -0.05) is 41.6 Å². The zero-order valence-electron chi connectivity index (χ0n) is 16.6. The summed E-state index contributed by atoms with van der Waals surface area (Å²) in [6, 6.07) is 12.6. The molecule has 0 unspecified atom stereocenters. The van der Waals surface area contributed by atoms with E-state index in [9.17, 15) is 4.79 Å². The van der Waals surface area contributed by atoms with Gasteiger partial charge in [0.15, 0.2) is 12.0 Å². The minimum Gasteiger partial charge on any atom is -0.338 e. The van der Waals surface area contributed by atoms with E-state index in [1.165, 1.54) is 35.6 Å². The van der Waals surface area contributed by atoms with Gasteiger partial charge in [-0.25, -0.2) is 9.97 Å². The Kier molecular flexibility index (Phi) is 4.71. The Morgan fingerprint density at radius 1 is 1.13 bits per heavy atom. The summed E-state index contributed by atoms with van der Waals surface area (Å²) in [4.78, 5) is 24.4. The third kappa shape index (κ3) is 3.66. The van der Waals surface area contributed by atoms with Gasteiger partial charge in [-0.05, 0) is 54.4 Å². The fourth-order valence-electron chi connectivity index (χ4n) is 3.94.